The number of imidazole rings is 1. The van der Waals surface area contributed by atoms with E-state index in [9.17, 15) is 12.8 Å². The van der Waals surface area contributed by atoms with Gasteiger partial charge in [0.1, 0.15) is 16.4 Å². The van der Waals surface area contributed by atoms with Gasteiger partial charge in [-0.05, 0) is 37.3 Å². The predicted molar refractivity (Wildman–Crippen MR) is 121 cm³/mol. The van der Waals surface area contributed by atoms with E-state index in [0.29, 0.717) is 48.2 Å². The van der Waals surface area contributed by atoms with Crippen molar-refractivity contribution >= 4 is 27.6 Å². The number of pyridine rings is 1. The minimum Gasteiger partial charge on any atom is -0.351 e. The molecule has 0 bridgehead atoms. The molecule has 12 heteroatoms. The fourth-order valence-electron chi connectivity index (χ4n) is 4.09. The van der Waals surface area contributed by atoms with Crippen LogP contribution in [0.25, 0.3) is 11.5 Å². The standard InChI is InChI=1S/C21H23ClFN7O2S/c1-12-11-30(33(31,32)15-9-25-21(26-10-15)27-14-3-4-14)7-6-16(12)18-19(22)29-20(28-18)17-5-2-13(23)8-24-17/h2,5,8-10,12,14,16H,3-4,6-7,11H2,1H3,(H,28,29)(H,25,26,27)/t12-,16+/m0/s1. The van der Waals surface area contributed by atoms with Crippen LogP contribution in [-0.2, 0) is 10.0 Å². The number of nitrogens with zero attached hydrogens (tertiary/aromatic N) is 5. The highest BCUT2D eigenvalue weighted by Crippen LogP contribution is 2.38. The molecule has 0 spiro atoms. The Morgan fingerprint density at radius 1 is 1.15 bits per heavy atom. The van der Waals surface area contributed by atoms with Crippen molar-refractivity contribution in [3.63, 3.8) is 0 Å². The van der Waals surface area contributed by atoms with Gasteiger partial charge in [0.05, 0.1) is 24.3 Å². The van der Waals surface area contributed by atoms with Crippen LogP contribution in [0.5, 0.6) is 0 Å². The van der Waals surface area contributed by atoms with Gasteiger partial charge in [-0.25, -0.2) is 32.7 Å². The van der Waals surface area contributed by atoms with Gasteiger partial charge in [0.2, 0.25) is 16.0 Å². The van der Waals surface area contributed by atoms with Crippen molar-refractivity contribution in [3.05, 3.63) is 47.4 Å². The highest BCUT2D eigenvalue weighted by molar-refractivity contribution is 7.89. The van der Waals surface area contributed by atoms with E-state index in [2.05, 4.69) is 30.2 Å². The van der Waals surface area contributed by atoms with E-state index < -0.39 is 15.8 Å². The fourth-order valence-corrected chi connectivity index (χ4v) is 5.81. The van der Waals surface area contributed by atoms with E-state index in [1.165, 1.54) is 28.8 Å². The first kappa shape index (κ1) is 22.2. The Balaban J connectivity index is 1.30. The zero-order valence-electron chi connectivity index (χ0n) is 17.9. The zero-order chi connectivity index (χ0) is 23.2. The maximum absolute atomic E-state index is 13.2. The third-order valence-corrected chi connectivity index (χ3v) is 8.18. The van der Waals surface area contributed by atoms with Crippen LogP contribution in [-0.4, -0.2) is 56.8 Å². The van der Waals surface area contributed by atoms with E-state index in [4.69, 9.17) is 11.6 Å². The third kappa shape index (κ3) is 4.57. The van der Waals surface area contributed by atoms with Crippen molar-refractivity contribution in [1.29, 1.82) is 0 Å². The molecule has 0 aromatic carbocycles. The van der Waals surface area contributed by atoms with Gasteiger partial charge in [-0.2, -0.15) is 4.31 Å². The van der Waals surface area contributed by atoms with Crippen molar-refractivity contribution < 1.29 is 12.8 Å². The van der Waals surface area contributed by atoms with Crippen molar-refractivity contribution in [3.8, 4) is 11.5 Å². The minimum atomic E-state index is -3.71. The zero-order valence-corrected chi connectivity index (χ0v) is 19.4. The molecule has 1 aliphatic heterocycles. The SMILES string of the molecule is C[C@H]1CN(S(=O)(=O)c2cnc(NC3CC3)nc2)CC[C@H]1c1[nH]c(-c2ccc(F)cn2)nc1Cl. The lowest BCUT2D eigenvalue weighted by atomic mass is 9.86. The van der Waals surface area contributed by atoms with Gasteiger partial charge in [-0.1, -0.05) is 18.5 Å². The molecule has 3 aromatic rings. The number of aromatic nitrogens is 5. The second-order valence-electron chi connectivity index (χ2n) is 8.55. The van der Waals surface area contributed by atoms with E-state index in [0.717, 1.165) is 24.7 Å². The van der Waals surface area contributed by atoms with Crippen molar-refractivity contribution in [2.45, 2.75) is 43.0 Å². The second-order valence-corrected chi connectivity index (χ2v) is 10.8. The number of anilines is 1. The minimum absolute atomic E-state index is 0.00739. The molecule has 2 atom stereocenters. The molecule has 9 nitrogen and oxygen atoms in total. The number of halogens is 2. The van der Waals surface area contributed by atoms with Gasteiger partial charge in [-0.15, -0.1) is 0 Å². The Morgan fingerprint density at radius 2 is 1.91 bits per heavy atom. The first-order chi connectivity index (χ1) is 15.8. The fraction of sp³-hybridized carbons (Fsp3) is 0.429. The largest absolute Gasteiger partial charge is 0.351 e. The van der Waals surface area contributed by atoms with E-state index in [-0.39, 0.29) is 16.7 Å². The summed E-state index contributed by atoms with van der Waals surface area (Å²) in [4.78, 5) is 20.0. The van der Waals surface area contributed by atoms with Crippen molar-refractivity contribution in [2.75, 3.05) is 18.4 Å². The highest BCUT2D eigenvalue weighted by Gasteiger charge is 2.36. The molecule has 33 heavy (non-hydrogen) atoms. The molecule has 1 saturated heterocycles. The lowest BCUT2D eigenvalue weighted by Crippen LogP contribution is -2.42. The van der Waals surface area contributed by atoms with E-state index >= 15 is 0 Å². The summed E-state index contributed by atoms with van der Waals surface area (Å²) in [5, 5.41) is 3.47. The Kier molecular flexibility index (Phi) is 5.79. The Bertz CT molecular complexity index is 1250. The van der Waals surface area contributed by atoms with Crippen LogP contribution < -0.4 is 5.32 Å². The van der Waals surface area contributed by atoms with Crippen LogP contribution in [0, 0.1) is 11.7 Å². The molecular formula is C21H23ClFN7O2S. The number of nitrogens with one attached hydrogen (secondary N) is 2. The van der Waals surface area contributed by atoms with Gasteiger partial charge in [0.25, 0.3) is 0 Å². The van der Waals surface area contributed by atoms with Crippen molar-refractivity contribution in [2.24, 2.45) is 5.92 Å². The smallest absolute Gasteiger partial charge is 0.246 e. The lowest BCUT2D eigenvalue weighted by molar-refractivity contribution is 0.246. The molecule has 4 heterocycles. The second kappa shape index (κ2) is 8.62. The maximum Gasteiger partial charge on any atom is 0.246 e. The predicted octanol–water partition coefficient (Wildman–Crippen LogP) is 3.44. The van der Waals surface area contributed by atoms with E-state index in [1.807, 2.05) is 6.92 Å². The lowest BCUT2D eigenvalue weighted by Gasteiger charge is -2.35. The monoisotopic (exact) mass is 491 g/mol. The Labute approximate surface area is 195 Å². The number of hydrogen-bond acceptors (Lipinski definition) is 7. The Morgan fingerprint density at radius 3 is 2.55 bits per heavy atom. The molecule has 2 aliphatic rings. The molecule has 1 aliphatic carbocycles. The maximum atomic E-state index is 13.2. The van der Waals surface area contributed by atoms with Crippen LogP contribution in [0.3, 0.4) is 0 Å². The summed E-state index contributed by atoms with van der Waals surface area (Å²) >= 11 is 6.40. The molecule has 1 saturated carbocycles. The molecule has 0 radical (unpaired) electrons. The third-order valence-electron chi connectivity index (χ3n) is 6.07. The molecule has 5 rings (SSSR count). The van der Waals surface area contributed by atoms with Crippen LogP contribution in [0.4, 0.5) is 10.3 Å². The van der Waals surface area contributed by atoms with Gasteiger partial charge in [0.15, 0.2) is 11.0 Å². The summed E-state index contributed by atoms with van der Waals surface area (Å²) < 4.78 is 40.9. The summed E-state index contributed by atoms with van der Waals surface area (Å²) in [7, 11) is -3.71. The Hall–Kier alpha value is -2.63. The summed E-state index contributed by atoms with van der Waals surface area (Å²) in [5.74, 6) is 0.445. The molecule has 3 aromatic heterocycles. The number of rotatable bonds is 6. The first-order valence-corrected chi connectivity index (χ1v) is 12.6. The molecular weight excluding hydrogens is 469 g/mol. The van der Waals surface area contributed by atoms with Crippen molar-refractivity contribution in [1.82, 2.24) is 29.2 Å². The molecule has 2 fully saturated rings. The summed E-state index contributed by atoms with van der Waals surface area (Å²) in [5.41, 5.74) is 1.22. The molecule has 0 amide bonds. The molecule has 174 valence electrons. The average Bonchev–Trinajstić information content (AvgIpc) is 3.53. The number of hydrogen-bond donors (Lipinski definition) is 2. The number of sulfonamides is 1. The number of H-pyrrole nitrogens is 1. The highest BCUT2D eigenvalue weighted by atomic mass is 35.5. The number of aromatic amines is 1. The van der Waals surface area contributed by atoms with Gasteiger partial charge >= 0.3 is 0 Å². The molecule has 2 N–H and O–H groups in total. The summed E-state index contributed by atoms with van der Waals surface area (Å²) in [6.07, 6.45) is 6.57. The quantitative estimate of drug-likeness (QED) is 0.542. The number of piperidine rings is 1. The summed E-state index contributed by atoms with van der Waals surface area (Å²) in [6, 6.07) is 3.23. The topological polar surface area (TPSA) is 117 Å². The van der Waals surface area contributed by atoms with E-state index in [1.54, 1.807) is 0 Å². The van der Waals surface area contributed by atoms with Crippen LogP contribution >= 0.6 is 11.6 Å². The normalized spacial score (nSPS) is 21.8. The summed E-state index contributed by atoms with van der Waals surface area (Å²) in [6.45, 7) is 2.64. The van der Waals surface area contributed by atoms with Crippen LogP contribution in [0.2, 0.25) is 5.15 Å². The van der Waals surface area contributed by atoms with Gasteiger partial charge in [0, 0.05) is 25.0 Å². The van der Waals surface area contributed by atoms with Crippen LogP contribution in [0.15, 0.2) is 35.6 Å². The van der Waals surface area contributed by atoms with Crippen LogP contribution in [0.1, 0.15) is 37.8 Å². The molecule has 0 unspecified atom stereocenters. The van der Waals surface area contributed by atoms with Gasteiger partial charge < -0.3 is 10.3 Å². The van der Waals surface area contributed by atoms with Gasteiger partial charge in [-0.3, -0.25) is 0 Å². The first-order valence-electron chi connectivity index (χ1n) is 10.8. The average molecular weight is 492 g/mol.